The molecule has 0 bridgehead atoms. The van der Waals surface area contributed by atoms with Crippen molar-refractivity contribution in [1.82, 2.24) is 4.98 Å². The Bertz CT molecular complexity index is 805. The Morgan fingerprint density at radius 1 is 1.21 bits per heavy atom. The van der Waals surface area contributed by atoms with E-state index < -0.39 is 29.7 Å². The Kier molecular flexibility index (Phi) is 7.91. The van der Waals surface area contributed by atoms with Crippen LogP contribution in [-0.2, 0) is 0 Å². The van der Waals surface area contributed by atoms with Crippen molar-refractivity contribution in [2.75, 3.05) is 0 Å². The molecule has 0 spiro atoms. The zero-order valence-corrected chi connectivity index (χ0v) is 16.3. The largest absolute Gasteiger partial charge is 0.505 e. The average Bonchev–Trinajstić information content (AvgIpc) is 2.68. The van der Waals surface area contributed by atoms with Gasteiger partial charge in [-0.15, -0.1) is 6.58 Å². The second-order valence-electron chi connectivity index (χ2n) is 7.25. The van der Waals surface area contributed by atoms with Gasteiger partial charge in [0.05, 0.1) is 17.9 Å². The van der Waals surface area contributed by atoms with E-state index >= 15 is 0 Å². The molecule has 0 aliphatic heterocycles. The summed E-state index contributed by atoms with van der Waals surface area (Å²) in [5.74, 6) is -1.52. The van der Waals surface area contributed by atoms with Gasteiger partial charge in [-0.3, -0.25) is 4.98 Å². The molecule has 2 aromatic rings. The van der Waals surface area contributed by atoms with Gasteiger partial charge in [0.15, 0.2) is 11.6 Å². The lowest BCUT2D eigenvalue weighted by molar-refractivity contribution is 0.00938. The summed E-state index contributed by atoms with van der Waals surface area (Å²) in [6.07, 6.45) is 4.49. The first-order valence-corrected chi connectivity index (χ1v) is 9.42. The molecular weight excluding hydrogens is 357 g/mol. The maximum atomic E-state index is 13.7. The van der Waals surface area contributed by atoms with Crippen molar-refractivity contribution < 1.29 is 19.7 Å². The lowest BCUT2D eigenvalue weighted by Crippen LogP contribution is -2.33. The summed E-state index contributed by atoms with van der Waals surface area (Å²) in [4.78, 5) is 4.36. The fraction of sp³-hybridized carbons (Fsp3) is 0.348. The maximum absolute atomic E-state index is 13.7. The first-order valence-electron chi connectivity index (χ1n) is 9.42. The molecule has 1 aromatic heterocycles. The third kappa shape index (κ3) is 5.75. The summed E-state index contributed by atoms with van der Waals surface area (Å²) in [5, 5.41) is 30.3. The predicted molar refractivity (Wildman–Crippen MR) is 110 cm³/mol. The summed E-state index contributed by atoms with van der Waals surface area (Å²) in [5.41, 5.74) is 2.14. The number of aromatic hydroxyl groups is 1. The highest BCUT2D eigenvalue weighted by atomic mass is 19.1. The number of hydrogen-bond donors (Lipinski definition) is 3. The lowest BCUT2D eigenvalue weighted by atomic mass is 9.86. The molecule has 0 unspecified atom stereocenters. The number of phenols is 1. The molecule has 3 atom stereocenters. The number of benzene rings is 1. The van der Waals surface area contributed by atoms with E-state index in [4.69, 9.17) is 0 Å². The first-order chi connectivity index (χ1) is 13.3. The highest BCUT2D eigenvalue weighted by molar-refractivity contribution is 5.80. The highest BCUT2D eigenvalue weighted by Gasteiger charge is 2.26. The number of pyridine rings is 1. The molecule has 0 aliphatic carbocycles. The second kappa shape index (κ2) is 10.2. The van der Waals surface area contributed by atoms with E-state index in [0.29, 0.717) is 18.4 Å². The summed E-state index contributed by atoms with van der Waals surface area (Å²) in [7, 11) is 0. The van der Waals surface area contributed by atoms with Crippen molar-refractivity contribution in [2.45, 2.75) is 38.9 Å². The molecule has 4 nitrogen and oxygen atoms in total. The van der Waals surface area contributed by atoms with Crippen molar-refractivity contribution >= 4 is 11.6 Å². The van der Waals surface area contributed by atoms with Gasteiger partial charge < -0.3 is 15.3 Å². The third-order valence-electron chi connectivity index (χ3n) is 4.81. The minimum Gasteiger partial charge on any atom is -0.505 e. The van der Waals surface area contributed by atoms with Crippen molar-refractivity contribution in [3.8, 4) is 5.75 Å². The van der Waals surface area contributed by atoms with Gasteiger partial charge in [0.25, 0.3) is 0 Å². The van der Waals surface area contributed by atoms with Crippen LogP contribution in [0.5, 0.6) is 5.75 Å². The van der Waals surface area contributed by atoms with Gasteiger partial charge in [-0.1, -0.05) is 32.1 Å². The summed E-state index contributed by atoms with van der Waals surface area (Å²) in [6, 6.07) is 9.69. The average molecular weight is 385 g/mol. The fourth-order valence-electron chi connectivity index (χ4n) is 3.11. The smallest absolute Gasteiger partial charge is 0.165 e. The van der Waals surface area contributed by atoms with Crippen LogP contribution < -0.4 is 0 Å². The molecule has 0 amide bonds. The molecule has 0 radical (unpaired) electrons. The van der Waals surface area contributed by atoms with Crippen LogP contribution in [0.2, 0.25) is 0 Å². The number of aliphatic hydroxyl groups is 2. The Morgan fingerprint density at radius 3 is 2.54 bits per heavy atom. The van der Waals surface area contributed by atoms with Gasteiger partial charge >= 0.3 is 0 Å². The number of rotatable bonds is 9. The number of aromatic nitrogens is 1. The molecule has 5 heteroatoms. The first kappa shape index (κ1) is 21.8. The fourth-order valence-corrected chi connectivity index (χ4v) is 3.11. The zero-order chi connectivity index (χ0) is 20.7. The molecule has 0 saturated heterocycles. The van der Waals surface area contributed by atoms with Crippen LogP contribution in [0, 0.1) is 17.7 Å². The minimum absolute atomic E-state index is 0.00317. The van der Waals surface area contributed by atoms with Crippen molar-refractivity contribution in [1.29, 1.82) is 0 Å². The molecule has 28 heavy (non-hydrogen) atoms. The van der Waals surface area contributed by atoms with Crippen LogP contribution in [0.3, 0.4) is 0 Å². The van der Waals surface area contributed by atoms with Crippen LogP contribution in [-0.4, -0.2) is 32.5 Å². The van der Waals surface area contributed by atoms with Crippen LogP contribution in [0.15, 0.2) is 55.3 Å². The standard InChI is InChI=1S/C23H28FNO3/c1-4-18(23(28)15(2)3)21(26)11-9-17(20-7-5-6-12-25-20)13-16-8-10-22(27)19(24)14-16/h4-8,10,12-15,18,21,23,26-28H,1,9,11H2,2-3H3/b17-13-/t18-,21-,23-/m1/s1. The lowest BCUT2D eigenvalue weighted by Gasteiger charge is -2.27. The number of hydrogen-bond acceptors (Lipinski definition) is 4. The normalized spacial score (nSPS) is 15.3. The Hall–Kier alpha value is -2.50. The molecule has 0 saturated carbocycles. The number of phenolic OH excluding ortho intramolecular Hbond substituents is 1. The highest BCUT2D eigenvalue weighted by Crippen LogP contribution is 2.27. The number of allylic oxidation sites excluding steroid dienone is 1. The van der Waals surface area contributed by atoms with E-state index in [1.54, 1.807) is 24.4 Å². The van der Waals surface area contributed by atoms with Gasteiger partial charge in [-0.2, -0.15) is 0 Å². The van der Waals surface area contributed by atoms with Crippen molar-refractivity contribution in [3.63, 3.8) is 0 Å². The van der Waals surface area contributed by atoms with Crippen LogP contribution in [0.1, 0.15) is 37.9 Å². The monoisotopic (exact) mass is 385 g/mol. The van der Waals surface area contributed by atoms with Gasteiger partial charge in [-0.25, -0.2) is 4.39 Å². The third-order valence-corrected chi connectivity index (χ3v) is 4.81. The van der Waals surface area contributed by atoms with Gasteiger partial charge in [0.2, 0.25) is 0 Å². The maximum Gasteiger partial charge on any atom is 0.165 e. The molecule has 150 valence electrons. The summed E-state index contributed by atoms with van der Waals surface area (Å²) >= 11 is 0. The zero-order valence-electron chi connectivity index (χ0n) is 16.3. The molecule has 1 aromatic carbocycles. The summed E-state index contributed by atoms with van der Waals surface area (Å²) in [6.45, 7) is 7.53. The van der Waals surface area contributed by atoms with Gasteiger partial charge in [-0.05, 0) is 60.2 Å². The van der Waals surface area contributed by atoms with Crippen molar-refractivity contribution in [3.05, 3.63) is 72.3 Å². The van der Waals surface area contributed by atoms with E-state index in [1.807, 2.05) is 32.0 Å². The Morgan fingerprint density at radius 2 is 1.96 bits per heavy atom. The van der Waals surface area contributed by atoms with Gasteiger partial charge in [0, 0.05) is 12.1 Å². The Balaban J connectivity index is 2.24. The number of nitrogens with zero attached hydrogens (tertiary/aromatic N) is 1. The van der Waals surface area contributed by atoms with Crippen LogP contribution in [0.4, 0.5) is 4.39 Å². The summed E-state index contributed by atoms with van der Waals surface area (Å²) < 4.78 is 13.7. The minimum atomic E-state index is -0.765. The quantitative estimate of drug-likeness (QED) is 0.559. The predicted octanol–water partition coefficient (Wildman–Crippen LogP) is 4.43. The van der Waals surface area contributed by atoms with E-state index in [-0.39, 0.29) is 5.92 Å². The Labute approximate surface area is 165 Å². The molecule has 0 aliphatic rings. The molecule has 2 rings (SSSR count). The topological polar surface area (TPSA) is 73.6 Å². The van der Waals surface area contributed by atoms with E-state index in [0.717, 1.165) is 11.3 Å². The van der Waals surface area contributed by atoms with E-state index in [1.165, 1.54) is 12.1 Å². The van der Waals surface area contributed by atoms with Gasteiger partial charge in [0.1, 0.15) is 0 Å². The molecular formula is C23H28FNO3. The molecule has 1 heterocycles. The molecule has 3 N–H and O–H groups in total. The van der Waals surface area contributed by atoms with Crippen LogP contribution >= 0.6 is 0 Å². The van der Waals surface area contributed by atoms with Crippen molar-refractivity contribution in [2.24, 2.45) is 11.8 Å². The number of halogens is 1. The van der Waals surface area contributed by atoms with Crippen LogP contribution in [0.25, 0.3) is 11.6 Å². The van der Waals surface area contributed by atoms with E-state index in [9.17, 15) is 19.7 Å². The second-order valence-corrected chi connectivity index (χ2v) is 7.25. The number of aliphatic hydroxyl groups excluding tert-OH is 2. The SMILES string of the molecule is C=C[C@H]([C@H](O)CC/C(=C/c1ccc(O)c(F)c1)c1ccccn1)[C@H](O)C(C)C. The molecule has 0 fully saturated rings. The van der Waals surface area contributed by atoms with E-state index in [2.05, 4.69) is 11.6 Å².